The lowest BCUT2D eigenvalue weighted by atomic mass is 9.61. The van der Waals surface area contributed by atoms with Crippen molar-refractivity contribution in [1.29, 1.82) is 0 Å². The zero-order valence-corrected chi connectivity index (χ0v) is 21.7. The number of aromatic nitrogens is 2. The molecule has 5 unspecified atom stereocenters. The van der Waals surface area contributed by atoms with Crippen molar-refractivity contribution in [2.24, 2.45) is 22.7 Å². The molecular weight excluding hydrogens is 450 g/mol. The van der Waals surface area contributed by atoms with Crippen LogP contribution in [0.2, 0.25) is 0 Å². The van der Waals surface area contributed by atoms with Crippen LogP contribution in [-0.4, -0.2) is 34.0 Å². The van der Waals surface area contributed by atoms with Crippen LogP contribution >= 0.6 is 9.24 Å². The highest BCUT2D eigenvalue weighted by atomic mass is 31.0. The van der Waals surface area contributed by atoms with E-state index in [1.165, 1.54) is 6.07 Å². The summed E-state index contributed by atoms with van der Waals surface area (Å²) in [5.74, 6) is 2.61. The van der Waals surface area contributed by atoms with Crippen LogP contribution < -0.4 is 10.9 Å². The van der Waals surface area contributed by atoms with E-state index in [1.54, 1.807) is 12.4 Å². The summed E-state index contributed by atoms with van der Waals surface area (Å²) in [5, 5.41) is 1.52. The molecule has 1 aromatic heterocycles. The Labute approximate surface area is 203 Å². The first-order valence-corrected chi connectivity index (χ1v) is 12.6. The smallest absolute Gasteiger partial charge is 0.251 e. The molecule has 3 rings (SSSR count). The number of amides is 1. The lowest BCUT2D eigenvalue weighted by molar-refractivity contribution is -0.124. The number of carbonyl (C=O) groups excluding carboxylic acids is 1. The van der Waals surface area contributed by atoms with Crippen LogP contribution in [0, 0.1) is 30.1 Å². The van der Waals surface area contributed by atoms with Crippen LogP contribution in [0.25, 0.3) is 0 Å². The number of nitrogens with zero attached hydrogens (tertiary/aromatic N) is 2. The standard InChI is InChI=1S/C26H36FN4O2P/c1-6-17-10-19(15-28-13-17)20-11-22(32)31-24(30-20)25(5)12-18(14-29-23(33)16(3)4)8-9-21(25)26(27,34)7-2/h1,11,13,15-16,18-19,21H,7-10,12,14,34H2,2-5H3,(H,29,33)(H,30,31,32)/t18?,19?,21?,25-,26?/m0/s1. The van der Waals surface area contributed by atoms with Gasteiger partial charge in [-0.3, -0.25) is 14.6 Å². The van der Waals surface area contributed by atoms with Gasteiger partial charge in [-0.2, -0.15) is 0 Å². The molecule has 1 fully saturated rings. The molecule has 0 bridgehead atoms. The van der Waals surface area contributed by atoms with Gasteiger partial charge >= 0.3 is 0 Å². The van der Waals surface area contributed by atoms with E-state index in [-0.39, 0.29) is 35.1 Å². The fourth-order valence-corrected chi connectivity index (χ4v) is 5.79. The zero-order valence-electron chi connectivity index (χ0n) is 20.5. The maximum Gasteiger partial charge on any atom is 0.251 e. The monoisotopic (exact) mass is 486 g/mol. The Morgan fingerprint density at radius 3 is 2.85 bits per heavy atom. The van der Waals surface area contributed by atoms with E-state index in [9.17, 15) is 9.59 Å². The second-order valence-corrected chi connectivity index (χ2v) is 11.2. The number of alkyl halides is 1. The van der Waals surface area contributed by atoms with Gasteiger partial charge < -0.3 is 10.3 Å². The van der Waals surface area contributed by atoms with Crippen molar-refractivity contribution in [2.75, 3.05) is 6.54 Å². The van der Waals surface area contributed by atoms with E-state index in [4.69, 9.17) is 11.4 Å². The second-order valence-electron chi connectivity index (χ2n) is 10.2. The van der Waals surface area contributed by atoms with Gasteiger partial charge in [-0.1, -0.05) is 42.9 Å². The van der Waals surface area contributed by atoms with Gasteiger partial charge in [-0.25, -0.2) is 9.37 Å². The van der Waals surface area contributed by atoms with E-state index < -0.39 is 10.8 Å². The summed E-state index contributed by atoms with van der Waals surface area (Å²) in [6.45, 7) is 8.07. The van der Waals surface area contributed by atoms with Gasteiger partial charge in [0.15, 0.2) is 0 Å². The fourth-order valence-electron chi connectivity index (χ4n) is 5.26. The Morgan fingerprint density at radius 2 is 2.21 bits per heavy atom. The number of aromatic amines is 1. The zero-order chi connectivity index (χ0) is 25.1. The molecule has 0 aromatic carbocycles. The largest absolute Gasteiger partial charge is 0.356 e. The minimum absolute atomic E-state index is 0.00533. The van der Waals surface area contributed by atoms with Crippen LogP contribution in [0.15, 0.2) is 27.6 Å². The van der Waals surface area contributed by atoms with Crippen molar-refractivity contribution < 1.29 is 9.18 Å². The quantitative estimate of drug-likeness (QED) is 0.446. The number of H-pyrrole nitrogens is 1. The Hall–Kier alpha value is -2.32. The molecule has 34 heavy (non-hydrogen) atoms. The molecule has 0 saturated heterocycles. The summed E-state index contributed by atoms with van der Waals surface area (Å²) in [7, 11) is 2.40. The minimum atomic E-state index is -1.50. The Balaban J connectivity index is 1.97. The molecule has 8 heteroatoms. The molecule has 1 aromatic rings. The molecule has 1 aliphatic carbocycles. The number of nitrogens with one attached hydrogen (secondary N) is 2. The van der Waals surface area contributed by atoms with Crippen molar-refractivity contribution in [3.63, 3.8) is 0 Å². The first kappa shape index (κ1) is 26.3. The van der Waals surface area contributed by atoms with E-state index in [0.717, 1.165) is 12.0 Å². The van der Waals surface area contributed by atoms with E-state index in [1.807, 2.05) is 27.7 Å². The molecule has 6 nitrogen and oxygen atoms in total. The van der Waals surface area contributed by atoms with Crippen molar-refractivity contribution >= 4 is 21.4 Å². The SMILES string of the molecule is C#CC1=CN=CC(c2cc(=O)[nH]c([C@@]3(C)CC(CNC(=O)C(C)C)CCC3C(F)(P)CC)n2)C1. The van der Waals surface area contributed by atoms with Crippen molar-refractivity contribution in [3.8, 4) is 12.3 Å². The number of halogens is 1. The summed E-state index contributed by atoms with van der Waals surface area (Å²) in [4.78, 5) is 36.9. The van der Waals surface area contributed by atoms with Crippen molar-refractivity contribution in [3.05, 3.63) is 39.7 Å². The molecule has 2 N–H and O–H groups in total. The number of hydrogen-bond donors (Lipinski definition) is 2. The van der Waals surface area contributed by atoms with Crippen LogP contribution in [0.5, 0.6) is 0 Å². The number of terminal acetylenes is 1. The van der Waals surface area contributed by atoms with Crippen LogP contribution in [-0.2, 0) is 10.2 Å². The highest BCUT2D eigenvalue weighted by molar-refractivity contribution is 7.18. The topological polar surface area (TPSA) is 87.2 Å². The van der Waals surface area contributed by atoms with Gasteiger partial charge in [0.1, 0.15) is 11.2 Å². The first-order chi connectivity index (χ1) is 16.0. The van der Waals surface area contributed by atoms with E-state index in [0.29, 0.717) is 43.7 Å². The van der Waals surface area contributed by atoms with Crippen LogP contribution in [0.3, 0.4) is 0 Å². The number of carbonyl (C=O) groups is 1. The maximum atomic E-state index is 15.8. The lowest BCUT2D eigenvalue weighted by Crippen LogP contribution is -2.50. The summed E-state index contributed by atoms with van der Waals surface area (Å²) < 4.78 is 15.8. The molecule has 1 aliphatic heterocycles. The third-order valence-electron chi connectivity index (χ3n) is 7.36. The number of rotatable bonds is 7. The second kappa shape index (κ2) is 10.5. The average molecular weight is 487 g/mol. The predicted octanol–water partition coefficient (Wildman–Crippen LogP) is 4.24. The normalized spacial score (nSPS) is 28.6. The molecule has 2 aliphatic rings. The number of hydrogen-bond acceptors (Lipinski definition) is 4. The van der Waals surface area contributed by atoms with Gasteiger partial charge in [0, 0.05) is 53.8 Å². The van der Waals surface area contributed by atoms with Gasteiger partial charge in [0.25, 0.3) is 5.56 Å². The highest BCUT2D eigenvalue weighted by Crippen LogP contribution is 2.53. The van der Waals surface area contributed by atoms with E-state index >= 15 is 4.39 Å². The summed E-state index contributed by atoms with van der Waals surface area (Å²) >= 11 is 0. The van der Waals surface area contributed by atoms with Crippen LogP contribution in [0.4, 0.5) is 4.39 Å². The predicted molar refractivity (Wildman–Crippen MR) is 137 cm³/mol. The summed E-state index contributed by atoms with van der Waals surface area (Å²) in [6, 6.07) is 1.48. The Kier molecular flexibility index (Phi) is 8.14. The average Bonchev–Trinajstić information content (AvgIpc) is 2.81. The molecule has 0 spiro atoms. The van der Waals surface area contributed by atoms with Crippen LogP contribution in [0.1, 0.15) is 77.2 Å². The molecule has 6 atom stereocenters. The molecule has 0 radical (unpaired) electrons. The van der Waals surface area contributed by atoms with Gasteiger partial charge in [0.05, 0.1) is 5.69 Å². The van der Waals surface area contributed by atoms with Gasteiger partial charge in [-0.15, -0.1) is 6.42 Å². The fraction of sp³-hybridized carbons (Fsp3) is 0.615. The summed E-state index contributed by atoms with van der Waals surface area (Å²) in [6.07, 6.45) is 11.9. The maximum absolute atomic E-state index is 15.8. The molecule has 184 valence electrons. The number of aliphatic imine (C=N–C) groups is 1. The van der Waals surface area contributed by atoms with Crippen molar-refractivity contribution in [2.45, 2.75) is 76.5 Å². The third kappa shape index (κ3) is 5.66. The lowest BCUT2D eigenvalue weighted by Gasteiger charge is -2.48. The Bertz CT molecular complexity index is 1070. The first-order valence-electron chi connectivity index (χ1n) is 12.1. The molecule has 1 amide bonds. The summed E-state index contributed by atoms with van der Waals surface area (Å²) in [5.41, 5.74) is 0.343. The third-order valence-corrected chi connectivity index (χ3v) is 8.17. The Morgan fingerprint density at radius 1 is 1.47 bits per heavy atom. The minimum Gasteiger partial charge on any atom is -0.356 e. The molecule has 2 heterocycles. The molecular formula is C26H36FN4O2P. The van der Waals surface area contributed by atoms with Crippen molar-refractivity contribution in [1.82, 2.24) is 15.3 Å². The number of allylic oxidation sites excluding steroid dienone is 1. The van der Waals surface area contributed by atoms with E-state index in [2.05, 4.69) is 30.5 Å². The molecule has 1 saturated carbocycles. The van der Waals surface area contributed by atoms with Gasteiger partial charge in [0.2, 0.25) is 5.91 Å². The van der Waals surface area contributed by atoms with Gasteiger partial charge in [-0.05, 0) is 38.0 Å². The highest BCUT2D eigenvalue weighted by Gasteiger charge is 2.51.